The second kappa shape index (κ2) is 13.2. The van der Waals surface area contributed by atoms with Crippen molar-refractivity contribution in [1.82, 2.24) is 15.5 Å². The average molecular weight is 476 g/mol. The highest BCUT2D eigenvalue weighted by Crippen LogP contribution is 2.14. The lowest BCUT2D eigenvalue weighted by Crippen LogP contribution is -2.44. The Hall–Kier alpha value is -1.06. The van der Waals surface area contributed by atoms with E-state index in [2.05, 4.69) is 40.4 Å². The monoisotopic (exact) mass is 476 g/mol. The van der Waals surface area contributed by atoms with Gasteiger partial charge in [0.05, 0.1) is 19.8 Å². The summed E-state index contributed by atoms with van der Waals surface area (Å²) in [7, 11) is 0. The van der Waals surface area contributed by atoms with Gasteiger partial charge in [0, 0.05) is 32.7 Å². The molecule has 7 heteroatoms. The van der Waals surface area contributed by atoms with Gasteiger partial charge < -0.3 is 20.1 Å². The van der Waals surface area contributed by atoms with Crippen molar-refractivity contribution in [2.75, 3.05) is 52.5 Å². The van der Waals surface area contributed by atoms with Crippen LogP contribution in [-0.4, -0.2) is 69.4 Å². The molecule has 0 spiro atoms. The maximum absolute atomic E-state index is 5.94. The lowest BCUT2D eigenvalue weighted by atomic mass is 10.2. The van der Waals surface area contributed by atoms with Gasteiger partial charge in [-0.05, 0) is 38.5 Å². The van der Waals surface area contributed by atoms with Crippen molar-refractivity contribution in [1.29, 1.82) is 0 Å². The number of aryl methyl sites for hydroxylation is 1. The van der Waals surface area contributed by atoms with Gasteiger partial charge in [0.15, 0.2) is 5.96 Å². The molecule has 0 aliphatic carbocycles. The van der Waals surface area contributed by atoms with Crippen molar-refractivity contribution in [2.24, 2.45) is 4.99 Å². The van der Waals surface area contributed by atoms with Crippen molar-refractivity contribution >= 4 is 29.9 Å². The molecule has 2 rings (SSSR count). The third kappa shape index (κ3) is 9.05. The van der Waals surface area contributed by atoms with E-state index >= 15 is 0 Å². The molecule has 26 heavy (non-hydrogen) atoms. The molecule has 0 bridgehead atoms. The summed E-state index contributed by atoms with van der Waals surface area (Å²) in [5.41, 5.74) is 1.20. The van der Waals surface area contributed by atoms with Crippen LogP contribution in [0.1, 0.15) is 19.4 Å². The fraction of sp³-hybridized carbons (Fsp3) is 0.632. The Bertz CT molecular complexity index is 536. The number of aliphatic imine (C=N–C) groups is 1. The molecule has 148 valence electrons. The Balaban J connectivity index is 0.00000338. The number of hydrogen-bond acceptors (Lipinski definition) is 4. The smallest absolute Gasteiger partial charge is 0.191 e. The Labute approximate surface area is 174 Å². The minimum absolute atomic E-state index is 0. The van der Waals surface area contributed by atoms with Crippen molar-refractivity contribution in [3.05, 3.63) is 29.8 Å². The van der Waals surface area contributed by atoms with Crippen LogP contribution in [0.15, 0.2) is 29.3 Å². The summed E-state index contributed by atoms with van der Waals surface area (Å²) in [5.74, 6) is 1.74. The van der Waals surface area contributed by atoms with E-state index in [0.29, 0.717) is 6.54 Å². The molecule has 1 heterocycles. The molecule has 1 atom stereocenters. The van der Waals surface area contributed by atoms with Crippen LogP contribution in [0.2, 0.25) is 0 Å². The number of nitrogens with one attached hydrogen (secondary N) is 2. The van der Waals surface area contributed by atoms with E-state index < -0.39 is 0 Å². The third-order valence-corrected chi connectivity index (χ3v) is 4.00. The van der Waals surface area contributed by atoms with Gasteiger partial charge >= 0.3 is 0 Å². The van der Waals surface area contributed by atoms with Crippen LogP contribution >= 0.6 is 24.0 Å². The topological polar surface area (TPSA) is 58.1 Å². The van der Waals surface area contributed by atoms with Gasteiger partial charge in [-0.25, -0.2) is 4.99 Å². The highest BCUT2D eigenvalue weighted by molar-refractivity contribution is 14.0. The normalized spacial score (nSPS) is 16.5. The second-order valence-corrected chi connectivity index (χ2v) is 6.35. The lowest BCUT2D eigenvalue weighted by molar-refractivity contribution is 0.0389. The SMILES string of the molecule is CCNC(=NCC(C)Oc1cccc(C)c1)NCCN1CCOCC1.I. The van der Waals surface area contributed by atoms with Crippen LogP contribution in [0.25, 0.3) is 0 Å². The fourth-order valence-electron chi connectivity index (χ4n) is 2.68. The number of nitrogens with zero attached hydrogens (tertiary/aromatic N) is 2. The first-order chi connectivity index (χ1) is 12.2. The van der Waals surface area contributed by atoms with Gasteiger partial charge in [-0.1, -0.05) is 12.1 Å². The van der Waals surface area contributed by atoms with Crippen LogP contribution in [0, 0.1) is 6.92 Å². The predicted octanol–water partition coefficient (Wildman–Crippen LogP) is 2.27. The van der Waals surface area contributed by atoms with Crippen LogP contribution in [0.4, 0.5) is 0 Å². The number of guanidine groups is 1. The van der Waals surface area contributed by atoms with Crippen LogP contribution in [0.3, 0.4) is 0 Å². The average Bonchev–Trinajstić information content (AvgIpc) is 2.60. The molecule has 2 N–H and O–H groups in total. The van der Waals surface area contributed by atoms with E-state index in [1.165, 1.54) is 5.56 Å². The standard InChI is InChI=1S/C19H32N4O2.HI/c1-4-20-19(21-8-9-23-10-12-24-13-11-23)22-15-17(3)25-18-7-5-6-16(2)14-18;/h5-7,14,17H,4,8-13,15H2,1-3H3,(H2,20,21,22);1H. The van der Waals surface area contributed by atoms with E-state index in [-0.39, 0.29) is 30.1 Å². The van der Waals surface area contributed by atoms with E-state index in [1.807, 2.05) is 25.1 Å². The highest BCUT2D eigenvalue weighted by Gasteiger charge is 2.10. The number of rotatable bonds is 8. The summed E-state index contributed by atoms with van der Waals surface area (Å²) < 4.78 is 11.3. The first-order valence-corrected chi connectivity index (χ1v) is 9.23. The lowest BCUT2D eigenvalue weighted by Gasteiger charge is -2.26. The predicted molar refractivity (Wildman–Crippen MR) is 118 cm³/mol. The number of ether oxygens (including phenoxy) is 2. The summed E-state index contributed by atoms with van der Waals surface area (Å²) in [6.45, 7) is 13.2. The van der Waals surface area contributed by atoms with Crippen LogP contribution in [0.5, 0.6) is 5.75 Å². The van der Waals surface area contributed by atoms with Crippen molar-refractivity contribution in [3.63, 3.8) is 0 Å². The van der Waals surface area contributed by atoms with Crippen molar-refractivity contribution in [2.45, 2.75) is 26.9 Å². The molecule has 0 aromatic heterocycles. The Morgan fingerprint density at radius 3 is 2.77 bits per heavy atom. The fourth-order valence-corrected chi connectivity index (χ4v) is 2.68. The second-order valence-electron chi connectivity index (χ2n) is 6.35. The Morgan fingerprint density at radius 2 is 2.08 bits per heavy atom. The number of morpholine rings is 1. The molecule has 1 aromatic rings. The summed E-state index contributed by atoms with van der Waals surface area (Å²) in [6.07, 6.45) is 0.0245. The van der Waals surface area contributed by atoms with Gasteiger partial charge in [-0.3, -0.25) is 4.90 Å². The maximum atomic E-state index is 5.94. The summed E-state index contributed by atoms with van der Waals surface area (Å²) in [5, 5.41) is 6.69. The van der Waals surface area contributed by atoms with Crippen LogP contribution in [-0.2, 0) is 4.74 Å². The number of benzene rings is 1. The number of hydrogen-bond donors (Lipinski definition) is 2. The van der Waals surface area contributed by atoms with Gasteiger partial charge in [-0.15, -0.1) is 24.0 Å². The Kier molecular flexibility index (Phi) is 11.6. The minimum atomic E-state index is 0. The highest BCUT2D eigenvalue weighted by atomic mass is 127. The van der Waals surface area contributed by atoms with Gasteiger partial charge in [0.25, 0.3) is 0 Å². The molecule has 6 nitrogen and oxygen atoms in total. The zero-order chi connectivity index (χ0) is 17.9. The molecule has 1 fully saturated rings. The number of halogens is 1. The molecule has 1 aliphatic rings. The summed E-state index contributed by atoms with van der Waals surface area (Å²) in [6, 6.07) is 8.11. The summed E-state index contributed by atoms with van der Waals surface area (Å²) >= 11 is 0. The maximum Gasteiger partial charge on any atom is 0.191 e. The minimum Gasteiger partial charge on any atom is -0.489 e. The molecule has 0 saturated carbocycles. The molecular formula is C19H33IN4O2. The van der Waals surface area contributed by atoms with Gasteiger partial charge in [0.2, 0.25) is 0 Å². The van der Waals surface area contributed by atoms with E-state index in [4.69, 9.17) is 9.47 Å². The molecule has 0 amide bonds. The molecule has 1 saturated heterocycles. The van der Waals surface area contributed by atoms with Crippen molar-refractivity contribution in [3.8, 4) is 5.75 Å². The van der Waals surface area contributed by atoms with E-state index in [9.17, 15) is 0 Å². The van der Waals surface area contributed by atoms with Gasteiger partial charge in [-0.2, -0.15) is 0 Å². The molecule has 1 aliphatic heterocycles. The van der Waals surface area contributed by atoms with E-state index in [1.54, 1.807) is 0 Å². The first kappa shape index (κ1) is 23.0. The zero-order valence-electron chi connectivity index (χ0n) is 16.2. The van der Waals surface area contributed by atoms with Gasteiger partial charge in [0.1, 0.15) is 11.9 Å². The third-order valence-electron chi connectivity index (χ3n) is 4.00. The molecule has 0 radical (unpaired) electrons. The molecule has 1 aromatic carbocycles. The quantitative estimate of drug-likeness (QED) is 0.343. The van der Waals surface area contributed by atoms with E-state index in [0.717, 1.165) is 57.6 Å². The van der Waals surface area contributed by atoms with Crippen LogP contribution < -0.4 is 15.4 Å². The van der Waals surface area contributed by atoms with Crippen molar-refractivity contribution < 1.29 is 9.47 Å². The zero-order valence-corrected chi connectivity index (χ0v) is 18.5. The molecule has 1 unspecified atom stereocenters. The largest absolute Gasteiger partial charge is 0.489 e. The first-order valence-electron chi connectivity index (χ1n) is 9.23. The molecular weight excluding hydrogens is 443 g/mol. The summed E-state index contributed by atoms with van der Waals surface area (Å²) in [4.78, 5) is 7.05. The Morgan fingerprint density at radius 1 is 1.31 bits per heavy atom.